The van der Waals surface area contributed by atoms with Crippen LogP contribution in [-0.4, -0.2) is 0 Å². The Kier molecular flexibility index (Phi) is 7.70. The second-order valence-corrected chi connectivity index (χ2v) is 18.7. The third-order valence-corrected chi connectivity index (χ3v) is 15.1. The van der Waals surface area contributed by atoms with Gasteiger partial charge in [0.2, 0.25) is 0 Å². The smallest absolute Gasteiger partial charge is 0.159 e. The lowest BCUT2D eigenvalue weighted by Crippen LogP contribution is -2.26. The molecule has 0 amide bonds. The van der Waals surface area contributed by atoms with Gasteiger partial charge in [0.15, 0.2) is 5.75 Å². The fourth-order valence-electron chi connectivity index (χ4n) is 12.3. The number of ether oxygens (including phenoxy) is 1. The molecule has 0 aromatic heterocycles. The number of anilines is 3. The van der Waals surface area contributed by atoms with Gasteiger partial charge in [-0.25, -0.2) is 0 Å². The predicted molar refractivity (Wildman–Crippen MR) is 271 cm³/mol. The van der Waals surface area contributed by atoms with E-state index in [1.165, 1.54) is 66.8 Å². The molecule has 1 spiro atoms. The fourth-order valence-corrected chi connectivity index (χ4v) is 12.3. The number of fused-ring (bicyclic) bond motifs is 18. The first-order valence-electron chi connectivity index (χ1n) is 23.1. The molecule has 10 aromatic rings. The van der Waals surface area contributed by atoms with Crippen LogP contribution in [0, 0.1) is 0 Å². The first-order valence-corrected chi connectivity index (χ1v) is 23.1. The normalized spacial score (nSPS) is 14.3. The van der Waals surface area contributed by atoms with Crippen LogP contribution < -0.4 is 9.64 Å². The summed E-state index contributed by atoms with van der Waals surface area (Å²) >= 11 is 0. The Morgan fingerprint density at radius 2 is 0.788 bits per heavy atom. The van der Waals surface area contributed by atoms with Crippen molar-refractivity contribution in [3.63, 3.8) is 0 Å². The molecule has 0 unspecified atom stereocenters. The summed E-state index contributed by atoms with van der Waals surface area (Å²) in [6, 6.07) is 83.1. The molecule has 0 bridgehead atoms. The van der Waals surface area contributed by atoms with Crippen molar-refractivity contribution in [2.45, 2.75) is 24.7 Å². The van der Waals surface area contributed by atoms with Crippen molar-refractivity contribution in [1.82, 2.24) is 0 Å². The van der Waals surface area contributed by atoms with Crippen LogP contribution in [0.5, 0.6) is 11.5 Å². The number of hydrogen-bond donors (Lipinski definition) is 0. The maximum Gasteiger partial charge on any atom is 0.159 e. The molecule has 0 radical (unpaired) electrons. The van der Waals surface area contributed by atoms with E-state index in [9.17, 15) is 0 Å². The van der Waals surface area contributed by atoms with Gasteiger partial charge in [0.05, 0.1) is 11.1 Å². The number of benzene rings is 10. The van der Waals surface area contributed by atoms with Gasteiger partial charge in [-0.05, 0) is 125 Å². The van der Waals surface area contributed by atoms with Gasteiger partial charge in [0, 0.05) is 27.9 Å². The monoisotopic (exact) mass is 841 g/mol. The zero-order valence-electron chi connectivity index (χ0n) is 36.7. The summed E-state index contributed by atoms with van der Waals surface area (Å²) in [5, 5.41) is 0. The highest BCUT2D eigenvalue weighted by molar-refractivity contribution is 6.01. The van der Waals surface area contributed by atoms with Crippen LogP contribution in [-0.2, 0) is 10.8 Å². The summed E-state index contributed by atoms with van der Waals surface area (Å²) in [5.41, 5.74) is 24.9. The zero-order chi connectivity index (χ0) is 43.7. The first-order chi connectivity index (χ1) is 32.5. The Hall–Kier alpha value is -8.20. The molecule has 0 saturated carbocycles. The van der Waals surface area contributed by atoms with Crippen LogP contribution in [0.25, 0.3) is 66.8 Å². The molecule has 2 heteroatoms. The van der Waals surface area contributed by atoms with Gasteiger partial charge in [-0.3, -0.25) is 0 Å². The van der Waals surface area contributed by atoms with E-state index in [1.807, 2.05) is 0 Å². The molecule has 310 valence electrons. The third-order valence-electron chi connectivity index (χ3n) is 15.1. The van der Waals surface area contributed by atoms with Gasteiger partial charge < -0.3 is 9.64 Å². The van der Waals surface area contributed by atoms with Crippen molar-refractivity contribution in [2.24, 2.45) is 0 Å². The Morgan fingerprint density at radius 3 is 1.42 bits per heavy atom. The van der Waals surface area contributed by atoms with E-state index >= 15 is 0 Å². The van der Waals surface area contributed by atoms with E-state index in [-0.39, 0.29) is 5.41 Å². The molecule has 1 aliphatic heterocycles. The molecule has 66 heavy (non-hydrogen) atoms. The summed E-state index contributed by atoms with van der Waals surface area (Å²) in [5.74, 6) is 1.66. The van der Waals surface area contributed by atoms with E-state index in [1.54, 1.807) is 0 Å². The summed E-state index contributed by atoms with van der Waals surface area (Å²) < 4.78 is 7.47. The van der Waals surface area contributed by atoms with Crippen molar-refractivity contribution >= 4 is 17.1 Å². The van der Waals surface area contributed by atoms with Crippen LogP contribution in [0.3, 0.4) is 0 Å². The van der Waals surface area contributed by atoms with Crippen LogP contribution >= 0.6 is 0 Å². The molecule has 10 aromatic carbocycles. The molecule has 2 nitrogen and oxygen atoms in total. The predicted octanol–water partition coefficient (Wildman–Crippen LogP) is 16.9. The highest BCUT2D eigenvalue weighted by Gasteiger charge is 2.52. The Labute approximate surface area is 385 Å². The van der Waals surface area contributed by atoms with Gasteiger partial charge in [0.25, 0.3) is 0 Å². The lowest BCUT2D eigenvalue weighted by Gasteiger charge is -2.33. The molecule has 0 N–H and O–H groups in total. The first kappa shape index (κ1) is 37.2. The molecule has 14 rings (SSSR count). The minimum Gasteiger partial charge on any atom is -0.454 e. The second-order valence-electron chi connectivity index (χ2n) is 18.7. The van der Waals surface area contributed by atoms with E-state index < -0.39 is 5.41 Å². The molecule has 0 saturated heterocycles. The maximum atomic E-state index is 7.47. The molecule has 0 atom stereocenters. The highest BCUT2D eigenvalue weighted by Crippen LogP contribution is 2.64. The van der Waals surface area contributed by atoms with Gasteiger partial charge in [0.1, 0.15) is 5.75 Å². The van der Waals surface area contributed by atoms with Crippen molar-refractivity contribution in [3.05, 3.63) is 258 Å². The molecule has 4 aliphatic rings. The van der Waals surface area contributed by atoms with Crippen molar-refractivity contribution in [2.75, 3.05) is 4.90 Å². The lowest BCUT2D eigenvalue weighted by atomic mass is 9.70. The van der Waals surface area contributed by atoms with Gasteiger partial charge in [-0.1, -0.05) is 202 Å². The van der Waals surface area contributed by atoms with Crippen LogP contribution in [0.15, 0.2) is 224 Å². The van der Waals surface area contributed by atoms with E-state index in [2.05, 4.69) is 243 Å². The van der Waals surface area contributed by atoms with Gasteiger partial charge in [-0.15, -0.1) is 0 Å². The van der Waals surface area contributed by atoms with Crippen molar-refractivity contribution in [1.29, 1.82) is 0 Å². The van der Waals surface area contributed by atoms with Gasteiger partial charge in [-0.2, -0.15) is 0 Å². The zero-order valence-corrected chi connectivity index (χ0v) is 36.7. The third kappa shape index (κ3) is 4.91. The molecule has 3 aliphatic carbocycles. The Balaban J connectivity index is 1.05. The van der Waals surface area contributed by atoms with E-state index in [0.29, 0.717) is 0 Å². The number of rotatable bonds is 4. The lowest BCUT2D eigenvalue weighted by molar-refractivity contribution is 0.489. The van der Waals surface area contributed by atoms with Crippen LogP contribution in [0.2, 0.25) is 0 Å². The van der Waals surface area contributed by atoms with Crippen LogP contribution in [0.1, 0.15) is 47.2 Å². The second kappa shape index (κ2) is 13.7. The summed E-state index contributed by atoms with van der Waals surface area (Å²) in [6.07, 6.45) is 0. The Bertz CT molecular complexity index is 3610. The van der Waals surface area contributed by atoms with Gasteiger partial charge >= 0.3 is 0 Å². The Morgan fingerprint density at radius 1 is 0.333 bits per heavy atom. The molecular formula is C64H43NO. The largest absolute Gasteiger partial charge is 0.454 e. The molecule has 1 heterocycles. The average molecular weight is 842 g/mol. The summed E-state index contributed by atoms with van der Waals surface area (Å²) in [6.45, 7) is 4.74. The summed E-state index contributed by atoms with van der Waals surface area (Å²) in [7, 11) is 0. The maximum absolute atomic E-state index is 7.47. The average Bonchev–Trinajstić information content (AvgIpc) is 3.88. The van der Waals surface area contributed by atoms with Crippen molar-refractivity contribution < 1.29 is 4.74 Å². The number of para-hydroxylation sites is 1. The summed E-state index contributed by atoms with van der Waals surface area (Å²) in [4.78, 5) is 2.47. The van der Waals surface area contributed by atoms with Crippen molar-refractivity contribution in [3.8, 4) is 78.3 Å². The molecular weight excluding hydrogens is 799 g/mol. The minimum absolute atomic E-state index is 0.190. The SMILES string of the molecule is CC1(C)c2ccccc2-c2ccc(N(c3ccc4c(c3)C3(c5ccccc5-c5ccccc53)c3ccccc3-4)c3cccc4c3Oc3cccc(-c5ccccc5)c3-c3ccccc3-4)cc21. The van der Waals surface area contributed by atoms with E-state index in [0.717, 1.165) is 61.9 Å². The molecule has 0 fully saturated rings. The number of nitrogens with zero attached hydrogens (tertiary/aromatic N) is 1. The fraction of sp³-hybridized carbons (Fsp3) is 0.0625. The quantitative estimate of drug-likeness (QED) is 0.175. The van der Waals surface area contributed by atoms with Crippen LogP contribution in [0.4, 0.5) is 17.1 Å². The minimum atomic E-state index is -0.488. The van der Waals surface area contributed by atoms with E-state index in [4.69, 9.17) is 4.74 Å². The number of hydrogen-bond acceptors (Lipinski definition) is 2. The topological polar surface area (TPSA) is 12.5 Å². The standard InChI is InChI=1S/C64H43NO/c1-63(2)53-28-12-8-21-45(53)49-36-34-41(38-57(49)63)65(59-32-16-27-52-44-20-6-7-25-51(44)61-43(40-18-4-3-5-19-40)26-17-33-60(61)66-62(52)59)42-35-37-50-48-24-11-15-31-56(48)64(58(50)39-42)54-29-13-9-22-46(54)47-23-10-14-30-55(47)64/h3-39H,1-2H3. The highest BCUT2D eigenvalue weighted by atomic mass is 16.5.